The lowest BCUT2D eigenvalue weighted by molar-refractivity contribution is 0.0695. The van der Waals surface area contributed by atoms with Gasteiger partial charge in [0.1, 0.15) is 17.7 Å². The van der Waals surface area contributed by atoms with Crippen LogP contribution < -0.4 is 10.6 Å². The number of amides is 2. The maximum atomic E-state index is 13.3. The standard InChI is InChI=1S/C25H28N6O4S/c1-3-15-8-14(11-36-15)10-26-22(32)20-9-21(31-25(30-20)27-12-28-31)23(33)29-19-7-6-16-13(2)17(24(34)35)4-5-18(16)19/h4-5,9,12,14-15,19H,3,6-8,10-11H2,1-2H3,(H,26,32)(H,29,33)(H,34,35)/t14?,15?,19-/m0/s1. The molecule has 3 heterocycles. The molecule has 1 fully saturated rings. The second-order valence-electron chi connectivity index (χ2n) is 9.35. The first-order valence-electron chi connectivity index (χ1n) is 12.1. The minimum atomic E-state index is -0.962. The van der Waals surface area contributed by atoms with Gasteiger partial charge in [0.25, 0.3) is 17.6 Å². The Kier molecular flexibility index (Phi) is 6.65. The predicted molar refractivity (Wildman–Crippen MR) is 134 cm³/mol. The van der Waals surface area contributed by atoms with Gasteiger partial charge in [0.2, 0.25) is 0 Å². The zero-order valence-corrected chi connectivity index (χ0v) is 21.0. The maximum absolute atomic E-state index is 13.3. The van der Waals surface area contributed by atoms with Crippen molar-refractivity contribution in [2.45, 2.75) is 50.8 Å². The smallest absolute Gasteiger partial charge is 0.335 e. The number of carboxylic acids is 1. The average molecular weight is 509 g/mol. The topological polar surface area (TPSA) is 139 Å². The van der Waals surface area contributed by atoms with E-state index in [1.807, 2.05) is 11.8 Å². The molecule has 0 radical (unpaired) electrons. The second kappa shape index (κ2) is 9.88. The lowest BCUT2D eigenvalue weighted by Crippen LogP contribution is -2.32. The van der Waals surface area contributed by atoms with Gasteiger partial charge in [-0.3, -0.25) is 9.59 Å². The van der Waals surface area contributed by atoms with E-state index in [0.29, 0.717) is 30.6 Å². The van der Waals surface area contributed by atoms with Crippen molar-refractivity contribution < 1.29 is 19.5 Å². The fraction of sp³-hybridized carbons (Fsp3) is 0.440. The molecule has 2 aromatic heterocycles. The summed E-state index contributed by atoms with van der Waals surface area (Å²) < 4.78 is 1.32. The van der Waals surface area contributed by atoms with Gasteiger partial charge in [-0.15, -0.1) is 0 Å². The Bertz CT molecular complexity index is 1360. The molecule has 5 rings (SSSR count). The molecule has 1 saturated heterocycles. The molecule has 2 unspecified atom stereocenters. The van der Waals surface area contributed by atoms with Gasteiger partial charge in [0, 0.05) is 17.9 Å². The van der Waals surface area contributed by atoms with Crippen LogP contribution in [0.5, 0.6) is 0 Å². The molecule has 2 amide bonds. The number of aromatic carboxylic acids is 1. The summed E-state index contributed by atoms with van der Waals surface area (Å²) in [5.41, 5.74) is 3.15. The third-order valence-electron chi connectivity index (χ3n) is 7.12. The summed E-state index contributed by atoms with van der Waals surface area (Å²) in [6.45, 7) is 4.55. The van der Waals surface area contributed by atoms with Crippen LogP contribution in [-0.2, 0) is 6.42 Å². The number of carboxylic acid groups (broad SMARTS) is 1. The first-order chi connectivity index (χ1) is 17.4. The normalized spacial score (nSPS) is 20.9. The Morgan fingerprint density at radius 3 is 2.83 bits per heavy atom. The highest BCUT2D eigenvalue weighted by Gasteiger charge is 2.29. The molecule has 1 aromatic carbocycles. The van der Waals surface area contributed by atoms with Crippen molar-refractivity contribution in [2.24, 2.45) is 5.92 Å². The number of rotatable bonds is 7. The Morgan fingerprint density at radius 1 is 1.25 bits per heavy atom. The van der Waals surface area contributed by atoms with Crippen LogP contribution in [0.4, 0.5) is 0 Å². The van der Waals surface area contributed by atoms with E-state index >= 15 is 0 Å². The number of thioether (sulfide) groups is 1. The Labute approximate surface area is 212 Å². The quantitative estimate of drug-likeness (QED) is 0.443. The van der Waals surface area contributed by atoms with Gasteiger partial charge >= 0.3 is 5.97 Å². The molecule has 0 saturated carbocycles. The summed E-state index contributed by atoms with van der Waals surface area (Å²) in [7, 11) is 0. The van der Waals surface area contributed by atoms with E-state index in [2.05, 4.69) is 32.6 Å². The minimum absolute atomic E-state index is 0.118. The van der Waals surface area contributed by atoms with Crippen molar-refractivity contribution in [3.63, 3.8) is 0 Å². The molecular formula is C25H28N6O4S. The first-order valence-corrected chi connectivity index (χ1v) is 13.2. The third kappa shape index (κ3) is 4.55. The SMILES string of the molecule is CCC1CC(CNC(=O)c2cc(C(=O)N[C@H]3CCc4c3ccc(C(=O)O)c4C)n3ncnc3n2)CS1. The van der Waals surface area contributed by atoms with E-state index < -0.39 is 11.9 Å². The lowest BCUT2D eigenvalue weighted by atomic mass is 9.98. The molecule has 11 heteroatoms. The van der Waals surface area contributed by atoms with E-state index in [0.717, 1.165) is 35.3 Å². The number of nitrogens with one attached hydrogen (secondary N) is 2. The molecule has 0 spiro atoms. The van der Waals surface area contributed by atoms with Crippen molar-refractivity contribution in [3.8, 4) is 0 Å². The molecule has 10 nitrogen and oxygen atoms in total. The molecule has 0 bridgehead atoms. The van der Waals surface area contributed by atoms with E-state index in [-0.39, 0.29) is 34.7 Å². The van der Waals surface area contributed by atoms with Gasteiger partial charge in [-0.2, -0.15) is 26.4 Å². The number of aromatic nitrogens is 4. The van der Waals surface area contributed by atoms with Gasteiger partial charge in [0.05, 0.1) is 11.6 Å². The van der Waals surface area contributed by atoms with Gasteiger partial charge in [-0.05, 0) is 67.0 Å². The molecule has 1 aliphatic heterocycles. The van der Waals surface area contributed by atoms with Crippen LogP contribution in [0.25, 0.3) is 5.78 Å². The number of carbonyl (C=O) groups is 3. The van der Waals surface area contributed by atoms with Crippen molar-refractivity contribution >= 4 is 35.3 Å². The first kappa shape index (κ1) is 24.2. The van der Waals surface area contributed by atoms with Crippen LogP contribution in [0.2, 0.25) is 0 Å². The van der Waals surface area contributed by atoms with Crippen LogP contribution >= 0.6 is 11.8 Å². The Morgan fingerprint density at radius 2 is 2.08 bits per heavy atom. The van der Waals surface area contributed by atoms with Crippen LogP contribution in [0.3, 0.4) is 0 Å². The molecule has 3 N–H and O–H groups in total. The zero-order chi connectivity index (χ0) is 25.4. The summed E-state index contributed by atoms with van der Waals surface area (Å²) in [6.07, 6.45) is 4.84. The molecule has 1 aliphatic carbocycles. The highest BCUT2D eigenvalue weighted by atomic mass is 32.2. The fourth-order valence-electron chi connectivity index (χ4n) is 5.12. The third-order valence-corrected chi connectivity index (χ3v) is 8.78. The number of fused-ring (bicyclic) bond motifs is 2. The van der Waals surface area contributed by atoms with Crippen molar-refractivity contribution in [2.75, 3.05) is 12.3 Å². The van der Waals surface area contributed by atoms with Crippen LogP contribution in [-0.4, -0.2) is 60.0 Å². The molecule has 3 aromatic rings. The Balaban J connectivity index is 1.34. The van der Waals surface area contributed by atoms with Gasteiger partial charge < -0.3 is 15.7 Å². The van der Waals surface area contributed by atoms with Crippen molar-refractivity contribution in [1.82, 2.24) is 30.2 Å². The fourth-order valence-corrected chi connectivity index (χ4v) is 6.56. The largest absolute Gasteiger partial charge is 0.478 e. The van der Waals surface area contributed by atoms with Crippen molar-refractivity contribution in [3.05, 3.63) is 58.2 Å². The summed E-state index contributed by atoms with van der Waals surface area (Å²) >= 11 is 1.95. The molecule has 2 aliphatic rings. The highest BCUT2D eigenvalue weighted by molar-refractivity contribution is 8.00. The van der Waals surface area contributed by atoms with Crippen molar-refractivity contribution in [1.29, 1.82) is 0 Å². The number of nitrogens with zero attached hydrogens (tertiary/aromatic N) is 4. The van der Waals surface area contributed by atoms with Crippen LogP contribution in [0.1, 0.15) is 80.3 Å². The van der Waals surface area contributed by atoms with Gasteiger partial charge in [-0.25, -0.2) is 9.78 Å². The van der Waals surface area contributed by atoms with Crippen LogP contribution in [0.15, 0.2) is 24.5 Å². The predicted octanol–water partition coefficient (Wildman–Crippen LogP) is 2.81. The van der Waals surface area contributed by atoms with E-state index in [1.165, 1.54) is 16.9 Å². The summed E-state index contributed by atoms with van der Waals surface area (Å²) in [6, 6.07) is 4.52. The number of carbonyl (C=O) groups excluding carboxylic acids is 2. The second-order valence-corrected chi connectivity index (χ2v) is 10.7. The summed E-state index contributed by atoms with van der Waals surface area (Å²) in [5, 5.41) is 20.2. The number of hydrogen-bond acceptors (Lipinski definition) is 7. The van der Waals surface area contributed by atoms with Gasteiger partial charge in [0.15, 0.2) is 0 Å². The summed E-state index contributed by atoms with van der Waals surface area (Å²) in [5.74, 6) is -0.0875. The molecule has 3 atom stereocenters. The Hall–Kier alpha value is -3.47. The monoisotopic (exact) mass is 508 g/mol. The van der Waals surface area contributed by atoms with Crippen LogP contribution in [0, 0.1) is 12.8 Å². The number of hydrogen-bond donors (Lipinski definition) is 3. The van der Waals surface area contributed by atoms with Gasteiger partial charge in [-0.1, -0.05) is 13.0 Å². The molecule has 188 valence electrons. The average Bonchev–Trinajstić information content (AvgIpc) is 3.61. The van der Waals surface area contributed by atoms with E-state index in [4.69, 9.17) is 0 Å². The molecular weight excluding hydrogens is 480 g/mol. The van der Waals surface area contributed by atoms with E-state index in [9.17, 15) is 19.5 Å². The highest BCUT2D eigenvalue weighted by Crippen LogP contribution is 2.35. The zero-order valence-electron chi connectivity index (χ0n) is 20.2. The maximum Gasteiger partial charge on any atom is 0.335 e. The minimum Gasteiger partial charge on any atom is -0.478 e. The number of benzene rings is 1. The van der Waals surface area contributed by atoms with E-state index in [1.54, 1.807) is 19.1 Å². The molecule has 36 heavy (non-hydrogen) atoms. The lowest BCUT2D eigenvalue weighted by Gasteiger charge is -2.16. The summed E-state index contributed by atoms with van der Waals surface area (Å²) in [4.78, 5) is 46.1.